The van der Waals surface area contributed by atoms with Crippen molar-refractivity contribution in [3.63, 3.8) is 0 Å². The van der Waals surface area contributed by atoms with Crippen molar-refractivity contribution in [1.29, 1.82) is 0 Å². The van der Waals surface area contributed by atoms with Gasteiger partial charge in [-0.3, -0.25) is 9.59 Å². The molecule has 0 bridgehead atoms. The molecule has 1 aliphatic rings. The molecule has 0 aromatic heterocycles. The van der Waals surface area contributed by atoms with E-state index in [4.69, 9.17) is 6.42 Å². The Kier molecular flexibility index (Phi) is 3.63. The zero-order valence-electron chi connectivity index (χ0n) is 9.93. The van der Waals surface area contributed by atoms with Gasteiger partial charge in [0.05, 0.1) is 6.04 Å². The highest BCUT2D eigenvalue weighted by Crippen LogP contribution is 2.14. The molecule has 0 spiro atoms. The molecule has 2 amide bonds. The van der Waals surface area contributed by atoms with E-state index in [2.05, 4.69) is 5.32 Å². The summed E-state index contributed by atoms with van der Waals surface area (Å²) in [6.45, 7) is 1.09. The zero-order valence-corrected chi connectivity index (χ0v) is 9.93. The average molecular weight is 242 g/mol. The normalized spacial score (nSPS) is 18.5. The maximum absolute atomic E-state index is 11.8. The van der Waals surface area contributed by atoms with Crippen LogP contribution in [0.5, 0.6) is 0 Å². The lowest BCUT2D eigenvalue weighted by Gasteiger charge is -2.16. The van der Waals surface area contributed by atoms with Gasteiger partial charge in [0.1, 0.15) is 0 Å². The van der Waals surface area contributed by atoms with Crippen molar-refractivity contribution in [2.24, 2.45) is 0 Å². The van der Waals surface area contributed by atoms with Crippen molar-refractivity contribution in [1.82, 2.24) is 10.2 Å². The lowest BCUT2D eigenvalue weighted by atomic mass is 10.2. The number of terminal acetylenes is 1. The fraction of sp³-hybridized carbons (Fsp3) is 0.286. The topological polar surface area (TPSA) is 49.4 Å². The fourth-order valence-corrected chi connectivity index (χ4v) is 2.05. The molecule has 1 aromatic rings. The van der Waals surface area contributed by atoms with Crippen molar-refractivity contribution in [3.05, 3.63) is 35.9 Å². The molecule has 1 aliphatic heterocycles. The minimum absolute atomic E-state index is 0.0428. The molecule has 92 valence electrons. The largest absolute Gasteiger partial charge is 0.340 e. The molecule has 1 aromatic carbocycles. The fourth-order valence-electron chi connectivity index (χ4n) is 2.05. The first kappa shape index (κ1) is 12.2. The standard InChI is InChI=1S/C14H14N2O2/c1-2-13(17)15-12-8-14(18)16(10-12)9-11-6-4-3-5-7-11/h1,3-7,12H,8-10H2,(H,15,17). The number of hydrogen-bond donors (Lipinski definition) is 1. The van der Waals surface area contributed by atoms with Gasteiger partial charge in [0.25, 0.3) is 5.91 Å². The first-order valence-electron chi connectivity index (χ1n) is 5.78. The van der Waals surface area contributed by atoms with Crippen LogP contribution in [0.1, 0.15) is 12.0 Å². The van der Waals surface area contributed by atoms with E-state index >= 15 is 0 Å². The molecular weight excluding hydrogens is 228 g/mol. The summed E-state index contributed by atoms with van der Waals surface area (Å²) in [7, 11) is 0. The van der Waals surface area contributed by atoms with Crippen LogP contribution in [0.3, 0.4) is 0 Å². The second-order valence-electron chi connectivity index (χ2n) is 4.28. The lowest BCUT2D eigenvalue weighted by molar-refractivity contribution is -0.128. The molecule has 1 N–H and O–H groups in total. The number of nitrogens with one attached hydrogen (secondary N) is 1. The average Bonchev–Trinajstić information content (AvgIpc) is 2.71. The van der Waals surface area contributed by atoms with E-state index in [9.17, 15) is 9.59 Å². The van der Waals surface area contributed by atoms with E-state index in [0.717, 1.165) is 5.56 Å². The van der Waals surface area contributed by atoms with Crippen molar-refractivity contribution >= 4 is 11.8 Å². The van der Waals surface area contributed by atoms with Crippen LogP contribution in [0.4, 0.5) is 0 Å². The van der Waals surface area contributed by atoms with Crippen molar-refractivity contribution in [2.75, 3.05) is 6.54 Å². The first-order chi connectivity index (χ1) is 8.69. The molecule has 4 heteroatoms. The predicted molar refractivity (Wildman–Crippen MR) is 67.2 cm³/mol. The molecule has 0 radical (unpaired) electrons. The van der Waals surface area contributed by atoms with Crippen LogP contribution in [-0.2, 0) is 16.1 Å². The van der Waals surface area contributed by atoms with E-state index in [-0.39, 0.29) is 11.9 Å². The molecule has 1 atom stereocenters. The quantitative estimate of drug-likeness (QED) is 0.786. The smallest absolute Gasteiger partial charge is 0.295 e. The van der Waals surface area contributed by atoms with Gasteiger partial charge in [-0.15, -0.1) is 6.42 Å². The number of benzene rings is 1. The minimum atomic E-state index is -0.464. The van der Waals surface area contributed by atoms with Crippen molar-refractivity contribution in [2.45, 2.75) is 19.0 Å². The first-order valence-corrected chi connectivity index (χ1v) is 5.78. The van der Waals surface area contributed by atoms with Crippen LogP contribution < -0.4 is 5.32 Å². The Hall–Kier alpha value is -2.28. The van der Waals surface area contributed by atoms with Crippen LogP contribution in [0.2, 0.25) is 0 Å². The Balaban J connectivity index is 1.94. The summed E-state index contributed by atoms with van der Waals surface area (Å²) in [6, 6.07) is 9.58. The molecule has 1 saturated heterocycles. The number of carbonyl (C=O) groups is 2. The third-order valence-electron chi connectivity index (χ3n) is 2.90. The highest BCUT2D eigenvalue weighted by atomic mass is 16.2. The second kappa shape index (κ2) is 5.37. The molecule has 2 rings (SSSR count). The predicted octanol–water partition coefficient (Wildman–Crippen LogP) is 0.537. The van der Waals surface area contributed by atoms with Crippen LogP contribution in [-0.4, -0.2) is 29.3 Å². The second-order valence-corrected chi connectivity index (χ2v) is 4.28. The van der Waals surface area contributed by atoms with Crippen molar-refractivity contribution < 1.29 is 9.59 Å². The molecule has 1 fully saturated rings. The number of nitrogens with zero attached hydrogens (tertiary/aromatic N) is 1. The van der Waals surface area contributed by atoms with Crippen LogP contribution in [0.15, 0.2) is 30.3 Å². The minimum Gasteiger partial charge on any atom is -0.340 e. The Morgan fingerprint density at radius 2 is 2.17 bits per heavy atom. The molecule has 4 nitrogen and oxygen atoms in total. The van der Waals surface area contributed by atoms with E-state index in [0.29, 0.717) is 19.5 Å². The van der Waals surface area contributed by atoms with Crippen molar-refractivity contribution in [3.8, 4) is 12.3 Å². The number of likely N-dealkylation sites (tertiary alicyclic amines) is 1. The highest BCUT2D eigenvalue weighted by molar-refractivity contribution is 5.93. The van der Waals surface area contributed by atoms with E-state index < -0.39 is 5.91 Å². The Bertz CT molecular complexity index is 490. The molecule has 0 saturated carbocycles. The summed E-state index contributed by atoms with van der Waals surface area (Å²) < 4.78 is 0. The van der Waals surface area contributed by atoms with E-state index in [1.807, 2.05) is 36.3 Å². The number of carbonyl (C=O) groups excluding carboxylic acids is 2. The third-order valence-corrected chi connectivity index (χ3v) is 2.90. The van der Waals surface area contributed by atoms with Gasteiger partial charge in [0.2, 0.25) is 5.91 Å². The molecule has 18 heavy (non-hydrogen) atoms. The van der Waals surface area contributed by atoms with Gasteiger partial charge in [0, 0.05) is 19.5 Å². The Labute approximate surface area is 106 Å². The number of amides is 2. The Morgan fingerprint density at radius 1 is 1.44 bits per heavy atom. The molecule has 0 aliphatic carbocycles. The van der Waals surface area contributed by atoms with Gasteiger partial charge in [-0.05, 0) is 11.5 Å². The summed E-state index contributed by atoms with van der Waals surface area (Å²) in [6.07, 6.45) is 5.30. The lowest BCUT2D eigenvalue weighted by Crippen LogP contribution is -2.36. The van der Waals surface area contributed by atoms with Crippen LogP contribution in [0.25, 0.3) is 0 Å². The number of rotatable bonds is 3. The highest BCUT2D eigenvalue weighted by Gasteiger charge is 2.30. The van der Waals surface area contributed by atoms with Crippen LogP contribution >= 0.6 is 0 Å². The number of hydrogen-bond acceptors (Lipinski definition) is 2. The summed E-state index contributed by atoms with van der Waals surface area (Å²) >= 11 is 0. The van der Waals surface area contributed by atoms with Gasteiger partial charge >= 0.3 is 0 Å². The summed E-state index contributed by atoms with van der Waals surface area (Å²) in [5.41, 5.74) is 1.08. The van der Waals surface area contributed by atoms with E-state index in [1.165, 1.54) is 0 Å². The van der Waals surface area contributed by atoms with Gasteiger partial charge < -0.3 is 10.2 Å². The molecule has 1 heterocycles. The Morgan fingerprint density at radius 3 is 2.83 bits per heavy atom. The maximum Gasteiger partial charge on any atom is 0.295 e. The summed E-state index contributed by atoms with van der Waals surface area (Å²) in [5.74, 6) is 1.57. The van der Waals surface area contributed by atoms with E-state index in [1.54, 1.807) is 4.90 Å². The van der Waals surface area contributed by atoms with Gasteiger partial charge in [0.15, 0.2) is 0 Å². The summed E-state index contributed by atoms with van der Waals surface area (Å²) in [4.78, 5) is 24.6. The zero-order chi connectivity index (χ0) is 13.0. The third kappa shape index (κ3) is 2.89. The molecule has 1 unspecified atom stereocenters. The molecular formula is C14H14N2O2. The van der Waals surface area contributed by atoms with Gasteiger partial charge in [-0.2, -0.15) is 0 Å². The van der Waals surface area contributed by atoms with Crippen LogP contribution in [0, 0.1) is 12.3 Å². The van der Waals surface area contributed by atoms with Gasteiger partial charge in [-0.1, -0.05) is 30.3 Å². The maximum atomic E-state index is 11.8. The monoisotopic (exact) mass is 242 g/mol. The summed E-state index contributed by atoms with van der Waals surface area (Å²) in [5, 5.41) is 2.64. The SMILES string of the molecule is C#CC(=O)NC1CC(=O)N(Cc2ccccc2)C1. The van der Waals surface area contributed by atoms with Gasteiger partial charge in [-0.25, -0.2) is 0 Å².